The Balaban J connectivity index is 2.08. The zero-order valence-electron chi connectivity index (χ0n) is 12.2. The average Bonchev–Trinajstić information content (AvgIpc) is 2.40. The monoisotopic (exact) mass is 442 g/mol. The standard InChI is InChI=1S/2C8H10N.Hg/c2*1-9(2)8-6-4-3-5-7-8;/h2*4-7H,1-2H3;. The van der Waals surface area contributed by atoms with Crippen LogP contribution in [0.4, 0.5) is 11.4 Å². The number of hydrogen-bond donors (Lipinski definition) is 0. The third kappa shape index (κ3) is 3.97. The van der Waals surface area contributed by atoms with Gasteiger partial charge in [0.2, 0.25) is 0 Å². The molecule has 0 aliphatic heterocycles. The summed E-state index contributed by atoms with van der Waals surface area (Å²) in [5.74, 6) is 0. The van der Waals surface area contributed by atoms with E-state index >= 15 is 0 Å². The van der Waals surface area contributed by atoms with E-state index in [1.54, 1.807) is 6.14 Å². The second-order valence-corrected chi connectivity index (χ2v) is 13.0. The van der Waals surface area contributed by atoms with E-state index in [0.717, 1.165) is 0 Å². The first kappa shape index (κ1) is 14.4. The van der Waals surface area contributed by atoms with Gasteiger partial charge in [0.15, 0.2) is 0 Å². The molecule has 2 rings (SSSR count). The van der Waals surface area contributed by atoms with Gasteiger partial charge in [0.1, 0.15) is 0 Å². The zero-order valence-corrected chi connectivity index (χ0v) is 17.7. The van der Waals surface area contributed by atoms with E-state index in [-0.39, 0.29) is 0 Å². The maximum absolute atomic E-state index is 2.30. The summed E-state index contributed by atoms with van der Waals surface area (Å²) in [6.07, 6.45) is 0. The predicted molar refractivity (Wildman–Crippen MR) is 80.8 cm³/mol. The minimum atomic E-state index is -1.16. The van der Waals surface area contributed by atoms with Gasteiger partial charge in [0, 0.05) is 0 Å². The summed E-state index contributed by atoms with van der Waals surface area (Å²) >= 11 is -1.16. The second kappa shape index (κ2) is 6.42. The Hall–Kier alpha value is -1.02. The van der Waals surface area contributed by atoms with Crippen LogP contribution in [0.2, 0.25) is 0 Å². The summed E-state index contributed by atoms with van der Waals surface area (Å²) in [6, 6.07) is 18.1. The first-order valence-corrected chi connectivity index (χ1v) is 12.1. The molecule has 0 amide bonds. The third-order valence-electron chi connectivity index (χ3n) is 3.31. The van der Waals surface area contributed by atoms with Crippen LogP contribution in [0.3, 0.4) is 0 Å². The molecule has 0 aromatic heterocycles. The molecular weight excluding hydrogens is 421 g/mol. The van der Waals surface area contributed by atoms with Crippen molar-refractivity contribution in [2.75, 3.05) is 38.0 Å². The fourth-order valence-electron chi connectivity index (χ4n) is 2.06. The van der Waals surface area contributed by atoms with E-state index in [9.17, 15) is 0 Å². The van der Waals surface area contributed by atoms with Crippen LogP contribution in [0, 0.1) is 0 Å². The minimum absolute atomic E-state index is 1.16. The summed E-state index contributed by atoms with van der Waals surface area (Å²) in [5, 5.41) is 0. The molecule has 0 atom stereocenters. The molecule has 0 saturated heterocycles. The van der Waals surface area contributed by atoms with Gasteiger partial charge in [-0.05, 0) is 0 Å². The molecule has 0 saturated carbocycles. The summed E-state index contributed by atoms with van der Waals surface area (Å²) in [6.45, 7) is 0. The molecular formula is C16H20HgN2. The van der Waals surface area contributed by atoms with E-state index in [0.29, 0.717) is 0 Å². The first-order chi connectivity index (χ1) is 9.06. The molecule has 19 heavy (non-hydrogen) atoms. The van der Waals surface area contributed by atoms with Crippen LogP contribution in [0.5, 0.6) is 0 Å². The number of rotatable bonds is 4. The van der Waals surface area contributed by atoms with Gasteiger partial charge in [0.25, 0.3) is 0 Å². The van der Waals surface area contributed by atoms with Crippen molar-refractivity contribution in [2.24, 2.45) is 0 Å². The summed E-state index contributed by atoms with van der Waals surface area (Å²) in [7, 11) is 8.33. The van der Waals surface area contributed by atoms with Gasteiger partial charge in [-0.1, -0.05) is 0 Å². The van der Waals surface area contributed by atoms with E-state index in [1.165, 1.54) is 11.4 Å². The Kier molecular flexibility index (Phi) is 4.86. The Morgan fingerprint density at radius 2 is 0.895 bits per heavy atom. The maximum atomic E-state index is 2.30. The fraction of sp³-hybridized carbons (Fsp3) is 0.250. The number of hydrogen-bond acceptors (Lipinski definition) is 2. The number of anilines is 2. The zero-order chi connectivity index (χ0) is 13.8. The number of nitrogens with zero attached hydrogens (tertiary/aromatic N) is 2. The molecule has 0 aliphatic carbocycles. The van der Waals surface area contributed by atoms with Crippen LogP contribution < -0.4 is 15.9 Å². The molecule has 0 radical (unpaired) electrons. The van der Waals surface area contributed by atoms with Crippen LogP contribution in [0.1, 0.15) is 0 Å². The van der Waals surface area contributed by atoms with E-state index in [4.69, 9.17) is 0 Å². The summed E-state index contributed by atoms with van der Waals surface area (Å²) in [5.41, 5.74) is 2.56. The first-order valence-electron chi connectivity index (χ1n) is 6.59. The van der Waals surface area contributed by atoms with Crippen molar-refractivity contribution in [1.82, 2.24) is 0 Å². The van der Waals surface area contributed by atoms with Crippen LogP contribution in [-0.2, 0) is 24.6 Å². The summed E-state index contributed by atoms with van der Waals surface area (Å²) < 4.78 is 3.14. The molecule has 0 bridgehead atoms. The molecule has 0 N–H and O–H groups in total. The van der Waals surface area contributed by atoms with Crippen molar-refractivity contribution < 1.29 is 24.6 Å². The molecule has 2 aromatic rings. The molecule has 0 fully saturated rings. The molecule has 0 spiro atoms. The van der Waals surface area contributed by atoms with Crippen molar-refractivity contribution >= 4 is 17.5 Å². The Labute approximate surface area is 128 Å². The van der Waals surface area contributed by atoms with Crippen molar-refractivity contribution in [1.29, 1.82) is 0 Å². The topological polar surface area (TPSA) is 6.48 Å². The summed E-state index contributed by atoms with van der Waals surface area (Å²) in [4.78, 5) is 4.29. The SMILES string of the molecule is CN(C)c1cc[c]([Hg][c]2ccc(N(C)C)cc2)cc1. The Morgan fingerprint density at radius 3 is 1.16 bits per heavy atom. The van der Waals surface area contributed by atoms with Gasteiger partial charge >= 0.3 is 129 Å². The van der Waals surface area contributed by atoms with Crippen molar-refractivity contribution in [2.45, 2.75) is 0 Å². The van der Waals surface area contributed by atoms with Crippen molar-refractivity contribution in [3.8, 4) is 0 Å². The fourth-order valence-corrected chi connectivity index (χ4v) is 7.56. The van der Waals surface area contributed by atoms with Crippen LogP contribution in [0.25, 0.3) is 0 Å². The molecule has 2 aromatic carbocycles. The average molecular weight is 441 g/mol. The molecule has 2 nitrogen and oxygen atoms in total. The molecule has 0 heterocycles. The molecule has 3 heteroatoms. The van der Waals surface area contributed by atoms with Crippen molar-refractivity contribution in [3.05, 3.63) is 48.5 Å². The Bertz CT molecular complexity index is 466. The quantitative estimate of drug-likeness (QED) is 0.670. The van der Waals surface area contributed by atoms with E-state index < -0.39 is 24.6 Å². The number of benzene rings is 2. The van der Waals surface area contributed by atoms with Crippen LogP contribution >= 0.6 is 0 Å². The van der Waals surface area contributed by atoms with Gasteiger partial charge in [-0.3, -0.25) is 0 Å². The molecule has 96 valence electrons. The van der Waals surface area contributed by atoms with E-state index in [1.807, 2.05) is 0 Å². The van der Waals surface area contributed by atoms with Crippen LogP contribution in [0.15, 0.2) is 48.5 Å². The predicted octanol–water partition coefficient (Wildman–Crippen LogP) is 1.85. The van der Waals surface area contributed by atoms with Gasteiger partial charge in [-0.25, -0.2) is 0 Å². The van der Waals surface area contributed by atoms with Crippen molar-refractivity contribution in [3.63, 3.8) is 0 Å². The second-order valence-electron chi connectivity index (χ2n) is 5.30. The van der Waals surface area contributed by atoms with Gasteiger partial charge < -0.3 is 0 Å². The Morgan fingerprint density at radius 1 is 0.579 bits per heavy atom. The van der Waals surface area contributed by atoms with Gasteiger partial charge in [-0.15, -0.1) is 0 Å². The van der Waals surface area contributed by atoms with E-state index in [2.05, 4.69) is 86.5 Å². The van der Waals surface area contributed by atoms with Gasteiger partial charge in [0.05, 0.1) is 0 Å². The van der Waals surface area contributed by atoms with Gasteiger partial charge in [-0.2, -0.15) is 0 Å². The molecule has 0 aliphatic rings. The normalized spacial score (nSPS) is 9.89. The third-order valence-corrected chi connectivity index (χ3v) is 10.2. The molecule has 0 unspecified atom stereocenters. The van der Waals surface area contributed by atoms with Crippen LogP contribution in [-0.4, -0.2) is 28.2 Å².